The van der Waals surface area contributed by atoms with Gasteiger partial charge in [0.1, 0.15) is 12.1 Å². The molecule has 2 heterocycles. The number of anilines is 1. The van der Waals surface area contributed by atoms with Crippen LogP contribution in [0.25, 0.3) is 11.2 Å². The number of hydrogen-bond donors (Lipinski definition) is 2. The third-order valence-corrected chi connectivity index (χ3v) is 4.51. The molecule has 0 atom stereocenters. The van der Waals surface area contributed by atoms with Crippen molar-refractivity contribution in [1.29, 1.82) is 0 Å². The monoisotopic (exact) mass is 419 g/mol. The molecule has 0 spiro atoms. The Morgan fingerprint density at radius 3 is 2.82 bits per heavy atom. The topological polar surface area (TPSA) is 98.8 Å². The molecule has 4 rings (SSSR count). The molecule has 4 aromatic rings. The molecule has 0 aliphatic carbocycles. The second kappa shape index (κ2) is 7.14. The van der Waals surface area contributed by atoms with E-state index in [1.54, 1.807) is 0 Å². The third kappa shape index (κ3) is 3.39. The first kappa shape index (κ1) is 18.3. The average molecular weight is 420 g/mol. The van der Waals surface area contributed by atoms with Crippen molar-refractivity contribution in [3.63, 3.8) is 0 Å². The molecule has 2 aromatic carbocycles. The average Bonchev–Trinajstić information content (AvgIpc) is 3.12. The van der Waals surface area contributed by atoms with E-state index >= 15 is 4.39 Å². The van der Waals surface area contributed by atoms with E-state index in [-0.39, 0.29) is 39.7 Å². The Morgan fingerprint density at radius 1 is 1.21 bits per heavy atom. The van der Waals surface area contributed by atoms with Gasteiger partial charge in [-0.3, -0.25) is 9.36 Å². The number of nitrogen functional groups attached to an aromatic ring is 1. The summed E-state index contributed by atoms with van der Waals surface area (Å²) in [7, 11) is 0. The number of aromatic amines is 1. The van der Waals surface area contributed by atoms with Gasteiger partial charge in [-0.1, -0.05) is 29.3 Å². The third-order valence-electron chi connectivity index (χ3n) is 4.00. The lowest BCUT2D eigenvalue weighted by atomic mass is 10.2. The molecule has 142 valence electrons. The van der Waals surface area contributed by atoms with E-state index in [0.717, 1.165) is 0 Å². The van der Waals surface area contributed by atoms with Gasteiger partial charge in [0.25, 0.3) is 5.56 Å². The summed E-state index contributed by atoms with van der Waals surface area (Å²) in [6, 6.07) is 7.47. The number of fused-ring (bicyclic) bond motifs is 1. The molecule has 0 unspecified atom stereocenters. The minimum atomic E-state index is -0.706. The van der Waals surface area contributed by atoms with Crippen LogP contribution in [-0.4, -0.2) is 19.5 Å². The summed E-state index contributed by atoms with van der Waals surface area (Å²) in [5, 5.41) is 0.405. The van der Waals surface area contributed by atoms with Crippen LogP contribution in [0, 0.1) is 5.82 Å². The highest BCUT2D eigenvalue weighted by Crippen LogP contribution is 2.35. The molecule has 0 aliphatic heterocycles. The molecule has 28 heavy (non-hydrogen) atoms. The molecular weight excluding hydrogens is 408 g/mol. The molecule has 7 nitrogen and oxygen atoms in total. The fourth-order valence-corrected chi connectivity index (χ4v) is 3.13. The van der Waals surface area contributed by atoms with Crippen molar-refractivity contribution >= 4 is 40.1 Å². The van der Waals surface area contributed by atoms with Crippen molar-refractivity contribution < 1.29 is 9.13 Å². The van der Waals surface area contributed by atoms with Crippen LogP contribution in [0.1, 0.15) is 5.56 Å². The number of ether oxygens (including phenoxy) is 1. The maximum absolute atomic E-state index is 15.1. The van der Waals surface area contributed by atoms with Crippen LogP contribution in [0.2, 0.25) is 10.0 Å². The summed E-state index contributed by atoms with van der Waals surface area (Å²) in [6.07, 6.45) is 2.67. The van der Waals surface area contributed by atoms with Gasteiger partial charge in [-0.25, -0.2) is 14.4 Å². The number of rotatable bonds is 4. The number of nitrogens with zero attached hydrogens (tertiary/aromatic N) is 3. The molecule has 0 fully saturated rings. The predicted octanol–water partition coefficient (Wildman–Crippen LogP) is 3.99. The first-order valence-corrected chi connectivity index (χ1v) is 8.77. The Kier molecular flexibility index (Phi) is 4.66. The lowest BCUT2D eigenvalue weighted by Gasteiger charge is -2.13. The van der Waals surface area contributed by atoms with Crippen LogP contribution >= 0.6 is 23.2 Å². The lowest BCUT2D eigenvalue weighted by Crippen LogP contribution is -2.21. The summed E-state index contributed by atoms with van der Waals surface area (Å²) in [4.78, 5) is 23.2. The number of hydrogen-bond acceptors (Lipinski definition) is 5. The van der Waals surface area contributed by atoms with Crippen LogP contribution in [0.3, 0.4) is 0 Å². The Hall–Kier alpha value is -3.10. The lowest BCUT2D eigenvalue weighted by molar-refractivity contribution is 0.437. The quantitative estimate of drug-likeness (QED) is 0.487. The number of benzene rings is 2. The first-order valence-electron chi connectivity index (χ1n) is 8.01. The zero-order valence-corrected chi connectivity index (χ0v) is 15.6. The molecule has 2 aromatic heterocycles. The van der Waals surface area contributed by atoms with Crippen molar-refractivity contribution in [3.8, 4) is 11.5 Å². The summed E-state index contributed by atoms with van der Waals surface area (Å²) in [5.74, 6) is -0.659. The van der Waals surface area contributed by atoms with Gasteiger partial charge in [-0.05, 0) is 18.2 Å². The van der Waals surface area contributed by atoms with Gasteiger partial charge in [0.05, 0.1) is 17.9 Å². The van der Waals surface area contributed by atoms with E-state index in [1.807, 2.05) is 0 Å². The summed E-state index contributed by atoms with van der Waals surface area (Å²) in [6.45, 7) is -0.0716. The van der Waals surface area contributed by atoms with E-state index < -0.39 is 5.82 Å². The standard InChI is InChI=1S/C18H12Cl2FN5O2/c19-10-3-11(22)5-12(4-10)28-16-13(20)2-1-9(14(16)21)6-26-8-25-17-15(18(26)27)23-7-24-17/h1-5,7-8H,6,22H2,(H,23,24). The van der Waals surface area contributed by atoms with Crippen LogP contribution < -0.4 is 16.0 Å². The van der Waals surface area contributed by atoms with Gasteiger partial charge in [-0.2, -0.15) is 0 Å². The van der Waals surface area contributed by atoms with Gasteiger partial charge in [0.15, 0.2) is 22.7 Å². The largest absolute Gasteiger partial charge is 0.453 e. The minimum Gasteiger partial charge on any atom is -0.453 e. The second-order valence-corrected chi connectivity index (χ2v) is 6.79. The molecule has 10 heteroatoms. The molecule has 0 bridgehead atoms. The summed E-state index contributed by atoms with van der Waals surface area (Å²) in [5.41, 5.74) is 6.44. The van der Waals surface area contributed by atoms with Crippen molar-refractivity contribution in [1.82, 2.24) is 19.5 Å². The predicted molar refractivity (Wildman–Crippen MR) is 105 cm³/mol. The van der Waals surface area contributed by atoms with Crippen molar-refractivity contribution in [2.75, 3.05) is 5.73 Å². The smallest absolute Gasteiger partial charge is 0.279 e. The normalized spacial score (nSPS) is 11.1. The van der Waals surface area contributed by atoms with E-state index in [4.69, 9.17) is 33.7 Å². The summed E-state index contributed by atoms with van der Waals surface area (Å²) >= 11 is 12.1. The number of nitrogens with one attached hydrogen (secondary N) is 1. The van der Waals surface area contributed by atoms with Crippen molar-refractivity contribution in [3.05, 3.63) is 74.8 Å². The Labute approximate surface area is 167 Å². The van der Waals surface area contributed by atoms with Gasteiger partial charge in [-0.15, -0.1) is 0 Å². The molecule has 0 radical (unpaired) electrons. The SMILES string of the molecule is Nc1cc(Cl)cc(Oc2c(Cl)ccc(Cn3cnc4nc[nH]c4c3=O)c2F)c1. The van der Waals surface area contributed by atoms with E-state index in [0.29, 0.717) is 16.4 Å². The first-order chi connectivity index (χ1) is 13.4. The zero-order chi connectivity index (χ0) is 19.8. The van der Waals surface area contributed by atoms with E-state index in [9.17, 15) is 4.79 Å². The van der Waals surface area contributed by atoms with Crippen LogP contribution in [-0.2, 0) is 6.54 Å². The number of nitrogens with two attached hydrogens (primary N) is 1. The fraction of sp³-hybridized carbons (Fsp3) is 0.0556. The molecule has 0 saturated carbocycles. The van der Waals surface area contributed by atoms with Gasteiger partial charge < -0.3 is 15.5 Å². The number of aromatic nitrogens is 4. The molecule has 0 amide bonds. The molecule has 0 saturated heterocycles. The molecular formula is C18H12Cl2FN5O2. The number of halogens is 3. The van der Waals surface area contributed by atoms with Crippen LogP contribution in [0.15, 0.2) is 47.8 Å². The molecule has 0 aliphatic rings. The maximum Gasteiger partial charge on any atom is 0.279 e. The maximum atomic E-state index is 15.1. The van der Waals surface area contributed by atoms with E-state index in [1.165, 1.54) is 47.6 Å². The Bertz CT molecular complexity index is 1230. The Balaban J connectivity index is 1.71. The Morgan fingerprint density at radius 2 is 2.04 bits per heavy atom. The van der Waals surface area contributed by atoms with Gasteiger partial charge in [0, 0.05) is 22.3 Å². The minimum absolute atomic E-state index is 0.0642. The van der Waals surface area contributed by atoms with Crippen LogP contribution in [0.4, 0.5) is 10.1 Å². The number of H-pyrrole nitrogens is 1. The zero-order valence-electron chi connectivity index (χ0n) is 14.1. The summed E-state index contributed by atoms with van der Waals surface area (Å²) < 4.78 is 21.9. The van der Waals surface area contributed by atoms with E-state index in [2.05, 4.69) is 15.0 Å². The highest BCUT2D eigenvalue weighted by Gasteiger charge is 2.17. The second-order valence-electron chi connectivity index (χ2n) is 5.95. The van der Waals surface area contributed by atoms with Gasteiger partial charge in [0.2, 0.25) is 0 Å². The fourth-order valence-electron chi connectivity index (χ4n) is 2.71. The van der Waals surface area contributed by atoms with Crippen molar-refractivity contribution in [2.45, 2.75) is 6.54 Å². The van der Waals surface area contributed by atoms with Gasteiger partial charge >= 0.3 is 0 Å². The highest BCUT2D eigenvalue weighted by atomic mass is 35.5. The van der Waals surface area contributed by atoms with Crippen LogP contribution in [0.5, 0.6) is 11.5 Å². The number of imidazole rings is 1. The molecule has 3 N–H and O–H groups in total. The highest BCUT2D eigenvalue weighted by molar-refractivity contribution is 6.32. The van der Waals surface area contributed by atoms with Crippen molar-refractivity contribution in [2.24, 2.45) is 0 Å².